The van der Waals surface area contributed by atoms with E-state index in [2.05, 4.69) is 39.2 Å². The van der Waals surface area contributed by atoms with Gasteiger partial charge in [-0.3, -0.25) is 0 Å². The first-order valence-electron chi connectivity index (χ1n) is 7.18. The number of imidazole rings is 1. The molecule has 0 amide bonds. The van der Waals surface area contributed by atoms with Crippen molar-refractivity contribution in [2.75, 3.05) is 0 Å². The van der Waals surface area contributed by atoms with Crippen LogP contribution in [0.15, 0.2) is 60.8 Å². The lowest BCUT2D eigenvalue weighted by Crippen LogP contribution is -1.88. The van der Waals surface area contributed by atoms with E-state index in [9.17, 15) is 0 Å². The summed E-state index contributed by atoms with van der Waals surface area (Å²) in [7, 11) is 0. The zero-order valence-electron chi connectivity index (χ0n) is 11.6. The van der Waals surface area contributed by atoms with Gasteiger partial charge in [0.25, 0.3) is 0 Å². The smallest absolute Gasteiger partial charge is 0.178 e. The number of benzene rings is 1. The van der Waals surface area contributed by atoms with Crippen LogP contribution in [0, 0.1) is 0 Å². The van der Waals surface area contributed by atoms with Crippen LogP contribution in [-0.2, 0) is 0 Å². The Hall–Kier alpha value is -2.68. The number of hydrogen-bond acceptors (Lipinski definition) is 2. The van der Waals surface area contributed by atoms with E-state index in [4.69, 9.17) is 0 Å². The third-order valence-corrected chi connectivity index (χ3v) is 3.71. The lowest BCUT2D eigenvalue weighted by Gasteiger charge is -2.06. The van der Waals surface area contributed by atoms with Gasteiger partial charge < -0.3 is 4.98 Å². The molecule has 2 aromatic heterocycles. The minimum atomic E-state index is 0.762. The van der Waals surface area contributed by atoms with E-state index in [0.29, 0.717) is 0 Å². The van der Waals surface area contributed by atoms with Gasteiger partial charge in [0.1, 0.15) is 5.82 Å². The first-order chi connectivity index (χ1) is 10.4. The Balaban J connectivity index is 1.78. The van der Waals surface area contributed by atoms with Crippen LogP contribution in [0.3, 0.4) is 0 Å². The highest BCUT2D eigenvalue weighted by Crippen LogP contribution is 2.24. The van der Waals surface area contributed by atoms with Crippen molar-refractivity contribution in [1.29, 1.82) is 0 Å². The molecule has 1 N–H and O–H groups in total. The van der Waals surface area contributed by atoms with E-state index in [-0.39, 0.29) is 0 Å². The molecule has 4 rings (SSSR count). The average molecular weight is 273 g/mol. The molecule has 102 valence electrons. The van der Waals surface area contributed by atoms with Crippen molar-refractivity contribution in [3.8, 4) is 11.4 Å². The molecule has 0 saturated heterocycles. The molecule has 0 unspecified atom stereocenters. The Labute approximate surface area is 123 Å². The summed E-state index contributed by atoms with van der Waals surface area (Å²) in [4.78, 5) is 12.4. The lowest BCUT2D eigenvalue weighted by atomic mass is 10.0. The molecule has 3 nitrogen and oxygen atoms in total. The average Bonchev–Trinajstić information content (AvgIpc) is 2.99. The molecule has 0 radical (unpaired) electrons. The van der Waals surface area contributed by atoms with Crippen molar-refractivity contribution in [3.05, 3.63) is 66.4 Å². The number of rotatable bonds is 2. The van der Waals surface area contributed by atoms with E-state index in [1.807, 2.05) is 36.5 Å². The van der Waals surface area contributed by atoms with Gasteiger partial charge in [-0.1, -0.05) is 48.6 Å². The Morgan fingerprint density at radius 1 is 1.00 bits per heavy atom. The van der Waals surface area contributed by atoms with Crippen molar-refractivity contribution >= 4 is 16.7 Å². The molecule has 21 heavy (non-hydrogen) atoms. The van der Waals surface area contributed by atoms with Gasteiger partial charge in [0.2, 0.25) is 0 Å². The highest BCUT2D eigenvalue weighted by molar-refractivity contribution is 5.82. The molecule has 0 saturated carbocycles. The number of fused-ring (bicyclic) bond motifs is 1. The molecule has 0 fully saturated rings. The number of hydrogen-bond donors (Lipinski definition) is 1. The third kappa shape index (κ3) is 2.27. The SMILES string of the molecule is C1=CC(c2cnc3nc(-c4ccccc4)[nH]c3c2)=CCC1. The molecule has 2 heterocycles. The second-order valence-corrected chi connectivity index (χ2v) is 5.19. The number of allylic oxidation sites excluding steroid dienone is 4. The van der Waals surface area contributed by atoms with E-state index >= 15 is 0 Å². The monoisotopic (exact) mass is 273 g/mol. The molecule has 0 bridgehead atoms. The highest BCUT2D eigenvalue weighted by atomic mass is 15.0. The molecular formula is C18H15N3. The highest BCUT2D eigenvalue weighted by Gasteiger charge is 2.08. The molecule has 3 aromatic rings. The Kier molecular flexibility index (Phi) is 2.89. The second kappa shape index (κ2) is 5.02. The zero-order valence-corrected chi connectivity index (χ0v) is 11.6. The maximum absolute atomic E-state index is 4.57. The summed E-state index contributed by atoms with van der Waals surface area (Å²) in [6.45, 7) is 0. The second-order valence-electron chi connectivity index (χ2n) is 5.19. The Morgan fingerprint density at radius 2 is 1.90 bits per heavy atom. The molecule has 1 aliphatic rings. The number of aromatic amines is 1. The Morgan fingerprint density at radius 3 is 2.71 bits per heavy atom. The van der Waals surface area contributed by atoms with Gasteiger partial charge in [-0.15, -0.1) is 0 Å². The van der Waals surface area contributed by atoms with Crippen molar-refractivity contribution in [1.82, 2.24) is 15.0 Å². The van der Waals surface area contributed by atoms with Crippen LogP contribution in [0.2, 0.25) is 0 Å². The third-order valence-electron chi connectivity index (χ3n) is 3.71. The number of aromatic nitrogens is 3. The quantitative estimate of drug-likeness (QED) is 0.753. The summed E-state index contributed by atoms with van der Waals surface area (Å²) in [5.41, 5.74) is 5.20. The molecule has 1 aliphatic carbocycles. The number of H-pyrrole nitrogens is 1. The van der Waals surface area contributed by atoms with Crippen LogP contribution in [0.5, 0.6) is 0 Å². The van der Waals surface area contributed by atoms with E-state index < -0.39 is 0 Å². The van der Waals surface area contributed by atoms with Gasteiger partial charge in [0.15, 0.2) is 5.65 Å². The van der Waals surface area contributed by atoms with Gasteiger partial charge >= 0.3 is 0 Å². The van der Waals surface area contributed by atoms with Crippen LogP contribution in [0.25, 0.3) is 28.1 Å². The van der Waals surface area contributed by atoms with E-state index in [0.717, 1.165) is 41.0 Å². The maximum atomic E-state index is 4.57. The predicted octanol–water partition coefficient (Wildman–Crippen LogP) is 4.36. The van der Waals surface area contributed by atoms with Gasteiger partial charge in [-0.05, 0) is 24.5 Å². The number of pyridine rings is 1. The molecule has 1 aromatic carbocycles. The minimum Gasteiger partial charge on any atom is -0.337 e. The predicted molar refractivity (Wildman–Crippen MR) is 85.7 cm³/mol. The fraction of sp³-hybridized carbons (Fsp3) is 0.111. The van der Waals surface area contributed by atoms with Gasteiger partial charge in [0.05, 0.1) is 5.52 Å². The molecular weight excluding hydrogens is 258 g/mol. The van der Waals surface area contributed by atoms with Gasteiger partial charge in [-0.2, -0.15) is 0 Å². The number of nitrogens with one attached hydrogen (secondary N) is 1. The van der Waals surface area contributed by atoms with E-state index in [1.165, 1.54) is 5.57 Å². The zero-order chi connectivity index (χ0) is 14.1. The molecule has 3 heteroatoms. The van der Waals surface area contributed by atoms with Crippen LogP contribution in [-0.4, -0.2) is 15.0 Å². The summed E-state index contributed by atoms with van der Waals surface area (Å²) in [5.74, 6) is 0.864. The normalized spacial score (nSPS) is 14.4. The van der Waals surface area contributed by atoms with Crippen LogP contribution >= 0.6 is 0 Å². The topological polar surface area (TPSA) is 41.6 Å². The van der Waals surface area contributed by atoms with E-state index in [1.54, 1.807) is 0 Å². The molecule has 0 aliphatic heterocycles. The number of nitrogens with zero attached hydrogens (tertiary/aromatic N) is 2. The fourth-order valence-corrected chi connectivity index (χ4v) is 2.62. The summed E-state index contributed by atoms with van der Waals surface area (Å²) >= 11 is 0. The largest absolute Gasteiger partial charge is 0.337 e. The summed E-state index contributed by atoms with van der Waals surface area (Å²) in [6.07, 6.45) is 10.8. The minimum absolute atomic E-state index is 0.762. The maximum Gasteiger partial charge on any atom is 0.178 e. The van der Waals surface area contributed by atoms with Gasteiger partial charge in [0, 0.05) is 17.3 Å². The summed E-state index contributed by atoms with van der Waals surface area (Å²) < 4.78 is 0. The van der Waals surface area contributed by atoms with Crippen LogP contribution in [0.4, 0.5) is 0 Å². The lowest BCUT2D eigenvalue weighted by molar-refractivity contribution is 1.04. The first-order valence-corrected chi connectivity index (χ1v) is 7.18. The van der Waals surface area contributed by atoms with Crippen molar-refractivity contribution in [2.45, 2.75) is 12.8 Å². The van der Waals surface area contributed by atoms with Crippen LogP contribution < -0.4 is 0 Å². The molecule has 0 atom stereocenters. The summed E-state index contributed by atoms with van der Waals surface area (Å²) in [6, 6.07) is 12.3. The fourth-order valence-electron chi connectivity index (χ4n) is 2.62. The first kappa shape index (κ1) is 12.1. The van der Waals surface area contributed by atoms with Crippen molar-refractivity contribution < 1.29 is 0 Å². The molecule has 0 spiro atoms. The van der Waals surface area contributed by atoms with Gasteiger partial charge in [-0.25, -0.2) is 9.97 Å². The Bertz CT molecular complexity index is 841. The van der Waals surface area contributed by atoms with Crippen molar-refractivity contribution in [3.63, 3.8) is 0 Å². The standard InChI is InChI=1S/C18H15N3/c1-3-7-13(8-4-1)15-11-16-18(19-12-15)21-17(20-16)14-9-5-2-6-10-14/h2-3,5-12H,1,4H2,(H,19,20,21). The summed E-state index contributed by atoms with van der Waals surface area (Å²) in [5, 5.41) is 0. The van der Waals surface area contributed by atoms with Crippen molar-refractivity contribution in [2.24, 2.45) is 0 Å². The van der Waals surface area contributed by atoms with Crippen LogP contribution in [0.1, 0.15) is 18.4 Å².